The van der Waals surface area contributed by atoms with Gasteiger partial charge in [-0.25, -0.2) is 0 Å². The molecule has 0 aliphatic heterocycles. The van der Waals surface area contributed by atoms with E-state index < -0.39 is 0 Å². The van der Waals surface area contributed by atoms with Crippen LogP contribution < -0.4 is 0 Å². The van der Waals surface area contributed by atoms with Crippen molar-refractivity contribution >= 4 is 15.9 Å². The van der Waals surface area contributed by atoms with Crippen LogP contribution >= 0.6 is 15.9 Å². The SMILES string of the molecule is CC1(C)[C@H]2CC[C@]1(C)C(Br)C2. The van der Waals surface area contributed by atoms with E-state index in [0.29, 0.717) is 10.8 Å². The molecule has 64 valence electrons. The van der Waals surface area contributed by atoms with Crippen molar-refractivity contribution < 1.29 is 0 Å². The molecule has 2 rings (SSSR count). The molecule has 2 bridgehead atoms. The van der Waals surface area contributed by atoms with Crippen LogP contribution in [0.1, 0.15) is 40.0 Å². The van der Waals surface area contributed by atoms with Crippen molar-refractivity contribution in [2.45, 2.75) is 44.9 Å². The Hall–Kier alpha value is 0.480. The van der Waals surface area contributed by atoms with Crippen LogP contribution in [-0.4, -0.2) is 4.83 Å². The Labute approximate surface area is 77.9 Å². The average Bonchev–Trinajstić information content (AvgIpc) is 2.20. The van der Waals surface area contributed by atoms with E-state index in [4.69, 9.17) is 0 Å². The second-order valence-corrected chi connectivity index (χ2v) is 6.18. The largest absolute Gasteiger partial charge is 0.0884 e. The van der Waals surface area contributed by atoms with Gasteiger partial charge in [-0.3, -0.25) is 0 Å². The zero-order valence-electron chi connectivity index (χ0n) is 7.65. The Morgan fingerprint density at radius 3 is 2.09 bits per heavy atom. The summed E-state index contributed by atoms with van der Waals surface area (Å²) in [6.07, 6.45) is 4.30. The number of alkyl halides is 1. The van der Waals surface area contributed by atoms with Crippen LogP contribution in [-0.2, 0) is 0 Å². The van der Waals surface area contributed by atoms with Crippen molar-refractivity contribution in [3.63, 3.8) is 0 Å². The van der Waals surface area contributed by atoms with Crippen molar-refractivity contribution in [2.24, 2.45) is 16.7 Å². The first-order valence-corrected chi connectivity index (χ1v) is 5.54. The van der Waals surface area contributed by atoms with Gasteiger partial charge in [0.1, 0.15) is 0 Å². The monoisotopic (exact) mass is 216 g/mol. The van der Waals surface area contributed by atoms with Gasteiger partial charge in [-0.15, -0.1) is 0 Å². The number of halogens is 1. The van der Waals surface area contributed by atoms with Crippen LogP contribution in [0.4, 0.5) is 0 Å². The molecule has 1 heteroatoms. The molecule has 0 amide bonds. The third kappa shape index (κ3) is 0.760. The quantitative estimate of drug-likeness (QED) is 0.544. The highest BCUT2D eigenvalue weighted by Crippen LogP contribution is 2.67. The van der Waals surface area contributed by atoms with E-state index in [1.165, 1.54) is 19.3 Å². The average molecular weight is 217 g/mol. The molecule has 0 radical (unpaired) electrons. The van der Waals surface area contributed by atoms with Crippen LogP contribution in [0.3, 0.4) is 0 Å². The summed E-state index contributed by atoms with van der Waals surface area (Å²) < 4.78 is 0. The van der Waals surface area contributed by atoms with Gasteiger partial charge >= 0.3 is 0 Å². The van der Waals surface area contributed by atoms with Gasteiger partial charge in [0.05, 0.1) is 0 Å². The first-order valence-electron chi connectivity index (χ1n) is 4.62. The number of hydrogen-bond acceptors (Lipinski definition) is 0. The van der Waals surface area contributed by atoms with E-state index in [2.05, 4.69) is 36.7 Å². The summed E-state index contributed by atoms with van der Waals surface area (Å²) in [6, 6.07) is 0. The minimum Gasteiger partial charge on any atom is -0.0884 e. The summed E-state index contributed by atoms with van der Waals surface area (Å²) in [4.78, 5) is 0.781. The van der Waals surface area contributed by atoms with Gasteiger partial charge in [0, 0.05) is 4.83 Å². The zero-order chi connectivity index (χ0) is 8.28. The smallest absolute Gasteiger partial charge is 0.0207 e. The standard InChI is InChI=1S/C10H17Br/c1-9(2)7-4-5-10(9,3)8(11)6-7/h7-8H,4-6H2,1-3H3/t7-,8?,10+/m0/s1. The van der Waals surface area contributed by atoms with Gasteiger partial charge in [-0.05, 0) is 36.0 Å². The van der Waals surface area contributed by atoms with Crippen LogP contribution in [0.15, 0.2) is 0 Å². The Morgan fingerprint density at radius 1 is 1.27 bits per heavy atom. The highest BCUT2D eigenvalue weighted by Gasteiger charge is 2.60. The van der Waals surface area contributed by atoms with Gasteiger partial charge in [-0.1, -0.05) is 36.7 Å². The molecule has 0 saturated heterocycles. The third-order valence-corrected chi connectivity index (χ3v) is 6.07. The second-order valence-electron chi connectivity index (χ2n) is 5.08. The third-order valence-electron chi connectivity index (χ3n) is 4.69. The number of fused-ring (bicyclic) bond motifs is 2. The highest BCUT2D eigenvalue weighted by atomic mass is 79.9. The maximum Gasteiger partial charge on any atom is 0.0207 e. The summed E-state index contributed by atoms with van der Waals surface area (Å²) in [7, 11) is 0. The maximum atomic E-state index is 3.83. The van der Waals surface area contributed by atoms with E-state index in [1.54, 1.807) is 0 Å². The fourth-order valence-corrected chi connectivity index (χ4v) is 4.38. The van der Waals surface area contributed by atoms with Crippen molar-refractivity contribution in [3.8, 4) is 0 Å². The predicted molar refractivity (Wildman–Crippen MR) is 51.9 cm³/mol. The summed E-state index contributed by atoms with van der Waals surface area (Å²) in [5.74, 6) is 0.983. The van der Waals surface area contributed by atoms with E-state index >= 15 is 0 Å². The Morgan fingerprint density at radius 2 is 1.91 bits per heavy atom. The van der Waals surface area contributed by atoms with Crippen LogP contribution in [0.5, 0.6) is 0 Å². The molecule has 2 saturated carbocycles. The first-order chi connectivity index (χ1) is 4.98. The zero-order valence-corrected chi connectivity index (χ0v) is 9.24. The molecule has 0 nitrogen and oxygen atoms in total. The Balaban J connectivity index is 2.40. The van der Waals surface area contributed by atoms with Crippen LogP contribution in [0, 0.1) is 16.7 Å². The molecule has 0 aromatic heterocycles. The van der Waals surface area contributed by atoms with Gasteiger partial charge in [0.25, 0.3) is 0 Å². The van der Waals surface area contributed by atoms with E-state index in [9.17, 15) is 0 Å². The lowest BCUT2D eigenvalue weighted by Crippen LogP contribution is -2.32. The van der Waals surface area contributed by atoms with Crippen LogP contribution in [0.2, 0.25) is 0 Å². The summed E-state index contributed by atoms with van der Waals surface area (Å²) in [5, 5.41) is 0. The van der Waals surface area contributed by atoms with Crippen molar-refractivity contribution in [1.29, 1.82) is 0 Å². The van der Waals surface area contributed by atoms with Crippen LogP contribution in [0.25, 0.3) is 0 Å². The molecule has 2 aliphatic rings. The topological polar surface area (TPSA) is 0 Å². The van der Waals surface area contributed by atoms with Gasteiger partial charge < -0.3 is 0 Å². The predicted octanol–water partition coefficient (Wildman–Crippen LogP) is 3.60. The molecular weight excluding hydrogens is 200 g/mol. The lowest BCUT2D eigenvalue weighted by molar-refractivity contribution is 0.158. The van der Waals surface area contributed by atoms with E-state index in [-0.39, 0.29) is 0 Å². The molecule has 2 aliphatic carbocycles. The molecule has 0 N–H and O–H groups in total. The maximum absolute atomic E-state index is 3.83. The lowest BCUT2D eigenvalue weighted by Gasteiger charge is -2.36. The molecule has 0 heterocycles. The highest BCUT2D eigenvalue weighted by molar-refractivity contribution is 9.09. The molecule has 0 spiro atoms. The van der Waals surface area contributed by atoms with Gasteiger partial charge in [0.15, 0.2) is 0 Å². The fraction of sp³-hybridized carbons (Fsp3) is 1.00. The minimum atomic E-state index is 0.581. The minimum absolute atomic E-state index is 0.581. The van der Waals surface area contributed by atoms with Crippen molar-refractivity contribution in [1.82, 2.24) is 0 Å². The Bertz CT molecular complexity index is 185. The molecule has 3 atom stereocenters. The molecule has 0 aromatic rings. The molecule has 1 unspecified atom stereocenters. The van der Waals surface area contributed by atoms with E-state index in [0.717, 1.165) is 10.7 Å². The lowest BCUT2D eigenvalue weighted by atomic mass is 9.71. The number of rotatable bonds is 0. The molecule has 0 aromatic carbocycles. The second kappa shape index (κ2) is 2.04. The molecular formula is C10H17Br. The van der Waals surface area contributed by atoms with Crippen molar-refractivity contribution in [3.05, 3.63) is 0 Å². The summed E-state index contributed by atoms with van der Waals surface area (Å²) >= 11 is 3.83. The fourth-order valence-electron chi connectivity index (χ4n) is 3.11. The molecule has 11 heavy (non-hydrogen) atoms. The summed E-state index contributed by atoms with van der Waals surface area (Å²) in [6.45, 7) is 7.36. The first kappa shape index (κ1) is 8.10. The van der Waals surface area contributed by atoms with Gasteiger partial charge in [-0.2, -0.15) is 0 Å². The number of hydrogen-bond donors (Lipinski definition) is 0. The van der Waals surface area contributed by atoms with Gasteiger partial charge in [0.2, 0.25) is 0 Å². The normalized spacial score (nSPS) is 53.5. The molecule has 2 fully saturated rings. The van der Waals surface area contributed by atoms with E-state index in [1.807, 2.05) is 0 Å². The van der Waals surface area contributed by atoms with Crippen molar-refractivity contribution in [2.75, 3.05) is 0 Å². The summed E-state index contributed by atoms with van der Waals surface area (Å²) in [5.41, 5.74) is 1.17. The Kier molecular flexibility index (Phi) is 1.50.